The number of carbonyl (C=O) groups is 1. The summed E-state index contributed by atoms with van der Waals surface area (Å²) in [5.41, 5.74) is 2.54. The van der Waals surface area contributed by atoms with Crippen LogP contribution < -0.4 is 10.1 Å². The monoisotopic (exact) mass is 348 g/mol. The van der Waals surface area contributed by atoms with Crippen molar-refractivity contribution < 1.29 is 22.7 Å². The molecule has 25 heavy (non-hydrogen) atoms. The predicted octanol–water partition coefficient (Wildman–Crippen LogP) is 3.93. The molecule has 3 aromatic rings. The smallest absolute Gasteiger partial charge is 0.406 e. The number of ether oxygens (including phenoxy) is 1. The Hall–Kier alpha value is -2.96. The average molecular weight is 348 g/mol. The lowest BCUT2D eigenvalue weighted by molar-refractivity contribution is -0.274. The number of rotatable bonds is 5. The third-order valence-corrected chi connectivity index (χ3v) is 3.67. The molecule has 2 aromatic carbocycles. The highest BCUT2D eigenvalue weighted by atomic mass is 19.4. The van der Waals surface area contributed by atoms with Crippen LogP contribution in [0.4, 0.5) is 13.2 Å². The van der Waals surface area contributed by atoms with E-state index in [1.807, 2.05) is 24.3 Å². The van der Waals surface area contributed by atoms with E-state index < -0.39 is 6.36 Å². The number of nitrogens with one attached hydrogen (secondary N) is 2. The van der Waals surface area contributed by atoms with Crippen molar-refractivity contribution in [2.24, 2.45) is 0 Å². The van der Waals surface area contributed by atoms with Crippen LogP contribution in [0.2, 0.25) is 0 Å². The molecule has 0 bridgehead atoms. The maximum absolute atomic E-state index is 12.1. The second kappa shape index (κ2) is 6.88. The molecule has 0 aliphatic carbocycles. The van der Waals surface area contributed by atoms with Crippen LogP contribution in [0.25, 0.3) is 10.9 Å². The van der Waals surface area contributed by atoms with Gasteiger partial charge in [0.25, 0.3) is 0 Å². The molecule has 2 N–H and O–H groups in total. The summed E-state index contributed by atoms with van der Waals surface area (Å²) in [6, 6.07) is 13.1. The summed E-state index contributed by atoms with van der Waals surface area (Å²) < 4.78 is 40.1. The first kappa shape index (κ1) is 16.9. The molecule has 1 amide bonds. The largest absolute Gasteiger partial charge is 0.573 e. The van der Waals surface area contributed by atoms with Gasteiger partial charge in [-0.15, -0.1) is 13.2 Å². The third-order valence-electron chi connectivity index (χ3n) is 3.67. The number of hydrogen-bond acceptors (Lipinski definition) is 2. The first-order valence-corrected chi connectivity index (χ1v) is 7.57. The molecular formula is C18H15F3N2O2. The van der Waals surface area contributed by atoms with Gasteiger partial charge >= 0.3 is 6.36 Å². The summed E-state index contributed by atoms with van der Waals surface area (Å²) in [7, 11) is 0. The number of alkyl halides is 3. The van der Waals surface area contributed by atoms with E-state index >= 15 is 0 Å². The fourth-order valence-electron chi connectivity index (χ4n) is 2.52. The Morgan fingerprint density at radius 3 is 2.52 bits per heavy atom. The quantitative estimate of drug-likeness (QED) is 0.734. The highest BCUT2D eigenvalue weighted by Gasteiger charge is 2.30. The minimum Gasteiger partial charge on any atom is -0.406 e. The molecular weight excluding hydrogens is 333 g/mol. The molecule has 0 unspecified atom stereocenters. The van der Waals surface area contributed by atoms with Gasteiger partial charge in [0.1, 0.15) is 5.75 Å². The lowest BCUT2D eigenvalue weighted by Crippen LogP contribution is -2.24. The molecule has 0 spiro atoms. The standard InChI is InChI=1S/C18H15F3N2O2/c19-18(20,21)25-14-7-5-12(6-8-14)10-23-17(24)9-13-11-22-16-4-2-1-3-15(13)16/h1-8,11,22H,9-10H2,(H,23,24). The van der Waals surface area contributed by atoms with Gasteiger partial charge in [-0.3, -0.25) is 4.79 Å². The van der Waals surface area contributed by atoms with Crippen molar-refractivity contribution in [2.75, 3.05) is 0 Å². The Morgan fingerprint density at radius 1 is 1.08 bits per heavy atom. The first-order valence-electron chi connectivity index (χ1n) is 7.57. The summed E-state index contributed by atoms with van der Waals surface area (Å²) in [5, 5.41) is 3.75. The Bertz CT molecular complexity index is 870. The van der Waals surface area contributed by atoms with Crippen molar-refractivity contribution in [3.8, 4) is 5.75 Å². The van der Waals surface area contributed by atoms with Gasteiger partial charge < -0.3 is 15.0 Å². The lowest BCUT2D eigenvalue weighted by Gasteiger charge is -2.09. The van der Waals surface area contributed by atoms with Gasteiger partial charge in [0.2, 0.25) is 5.91 Å². The van der Waals surface area contributed by atoms with Crippen LogP contribution in [0, 0.1) is 0 Å². The maximum atomic E-state index is 12.1. The molecule has 1 heterocycles. The van der Waals surface area contributed by atoms with Crippen molar-refractivity contribution in [1.29, 1.82) is 0 Å². The second-order valence-corrected chi connectivity index (χ2v) is 5.50. The van der Waals surface area contributed by atoms with Gasteiger partial charge in [-0.05, 0) is 29.3 Å². The van der Waals surface area contributed by atoms with Gasteiger partial charge in [0.15, 0.2) is 0 Å². The van der Waals surface area contributed by atoms with Crippen molar-refractivity contribution in [3.05, 3.63) is 65.9 Å². The number of para-hydroxylation sites is 1. The molecule has 4 nitrogen and oxygen atoms in total. The third kappa shape index (κ3) is 4.53. The molecule has 0 radical (unpaired) electrons. The Labute approximate surface area is 141 Å². The number of benzene rings is 2. The number of carbonyl (C=O) groups excluding carboxylic acids is 1. The number of aromatic amines is 1. The van der Waals surface area contributed by atoms with Crippen LogP contribution in [0.1, 0.15) is 11.1 Å². The molecule has 0 aliphatic heterocycles. The van der Waals surface area contributed by atoms with E-state index in [4.69, 9.17) is 0 Å². The van der Waals surface area contributed by atoms with Crippen LogP contribution in [0.5, 0.6) is 5.75 Å². The van der Waals surface area contributed by atoms with Gasteiger partial charge in [0.05, 0.1) is 6.42 Å². The normalized spacial score (nSPS) is 11.5. The highest BCUT2D eigenvalue weighted by molar-refractivity contribution is 5.88. The Morgan fingerprint density at radius 2 is 1.80 bits per heavy atom. The molecule has 0 saturated heterocycles. The van der Waals surface area contributed by atoms with E-state index in [0.717, 1.165) is 16.5 Å². The van der Waals surface area contributed by atoms with Crippen LogP contribution >= 0.6 is 0 Å². The van der Waals surface area contributed by atoms with Crippen molar-refractivity contribution in [1.82, 2.24) is 10.3 Å². The second-order valence-electron chi connectivity index (χ2n) is 5.50. The Kier molecular flexibility index (Phi) is 4.65. The summed E-state index contributed by atoms with van der Waals surface area (Å²) in [5.74, 6) is -0.457. The number of aromatic nitrogens is 1. The minimum atomic E-state index is -4.71. The molecule has 0 saturated carbocycles. The van der Waals surface area contributed by atoms with Crippen LogP contribution in [-0.2, 0) is 17.8 Å². The van der Waals surface area contributed by atoms with E-state index in [-0.39, 0.29) is 24.6 Å². The van der Waals surface area contributed by atoms with Crippen molar-refractivity contribution in [2.45, 2.75) is 19.3 Å². The number of hydrogen-bond donors (Lipinski definition) is 2. The maximum Gasteiger partial charge on any atom is 0.573 e. The highest BCUT2D eigenvalue weighted by Crippen LogP contribution is 2.22. The summed E-state index contributed by atoms with van der Waals surface area (Å²) in [4.78, 5) is 15.2. The van der Waals surface area contributed by atoms with Crippen LogP contribution in [-0.4, -0.2) is 17.3 Å². The Balaban J connectivity index is 1.55. The van der Waals surface area contributed by atoms with E-state index in [2.05, 4.69) is 15.0 Å². The van der Waals surface area contributed by atoms with Crippen LogP contribution in [0.3, 0.4) is 0 Å². The number of H-pyrrole nitrogens is 1. The topological polar surface area (TPSA) is 54.1 Å². The zero-order chi connectivity index (χ0) is 17.9. The van der Waals surface area contributed by atoms with E-state index in [1.54, 1.807) is 6.20 Å². The van der Waals surface area contributed by atoms with E-state index in [0.29, 0.717) is 5.56 Å². The molecule has 3 rings (SSSR count). The minimum absolute atomic E-state index is 0.166. The van der Waals surface area contributed by atoms with Crippen LogP contribution in [0.15, 0.2) is 54.7 Å². The molecule has 130 valence electrons. The summed E-state index contributed by atoms with van der Waals surface area (Å²) in [6.45, 7) is 0.230. The van der Waals surface area contributed by atoms with Crippen molar-refractivity contribution in [3.63, 3.8) is 0 Å². The van der Waals surface area contributed by atoms with Gasteiger partial charge in [-0.2, -0.15) is 0 Å². The van der Waals surface area contributed by atoms with Gasteiger partial charge in [-0.1, -0.05) is 30.3 Å². The fraction of sp³-hybridized carbons (Fsp3) is 0.167. The zero-order valence-corrected chi connectivity index (χ0v) is 13.1. The average Bonchev–Trinajstić information content (AvgIpc) is 2.96. The molecule has 1 aromatic heterocycles. The van der Waals surface area contributed by atoms with E-state index in [1.165, 1.54) is 24.3 Å². The van der Waals surface area contributed by atoms with Gasteiger partial charge in [0, 0.05) is 23.6 Å². The zero-order valence-electron chi connectivity index (χ0n) is 13.1. The first-order chi connectivity index (χ1) is 11.9. The number of fused-ring (bicyclic) bond motifs is 1. The van der Waals surface area contributed by atoms with E-state index in [9.17, 15) is 18.0 Å². The van der Waals surface area contributed by atoms with Crippen molar-refractivity contribution >= 4 is 16.8 Å². The molecule has 0 fully saturated rings. The molecule has 0 aliphatic rings. The summed E-state index contributed by atoms with van der Waals surface area (Å²) in [6.07, 6.45) is -2.69. The number of halogens is 3. The molecule has 0 atom stereocenters. The lowest BCUT2D eigenvalue weighted by atomic mass is 10.1. The molecule has 7 heteroatoms. The predicted molar refractivity (Wildman–Crippen MR) is 87.0 cm³/mol. The number of amides is 1. The van der Waals surface area contributed by atoms with Gasteiger partial charge in [-0.25, -0.2) is 0 Å². The SMILES string of the molecule is O=C(Cc1c[nH]c2ccccc12)NCc1ccc(OC(F)(F)F)cc1. The fourth-order valence-corrected chi connectivity index (χ4v) is 2.52. The summed E-state index contributed by atoms with van der Waals surface area (Å²) >= 11 is 0.